The van der Waals surface area contributed by atoms with Crippen LogP contribution in [0.2, 0.25) is 0 Å². The van der Waals surface area contributed by atoms with E-state index in [1.54, 1.807) is 0 Å². The number of hydrazone groups is 1. The van der Waals surface area contributed by atoms with E-state index in [-0.39, 0.29) is 5.91 Å². The maximum absolute atomic E-state index is 11.9. The number of aryl methyl sites for hydroxylation is 1. The highest BCUT2D eigenvalue weighted by Crippen LogP contribution is 2.14. The fourth-order valence-corrected chi connectivity index (χ4v) is 2.16. The lowest BCUT2D eigenvalue weighted by molar-refractivity contribution is 0.0954. The Morgan fingerprint density at radius 3 is 2.44 bits per heavy atom. The van der Waals surface area contributed by atoms with Crippen LogP contribution in [-0.4, -0.2) is 11.6 Å². The summed E-state index contributed by atoms with van der Waals surface area (Å²) >= 11 is 0. The van der Waals surface area contributed by atoms with Gasteiger partial charge in [0.2, 0.25) is 0 Å². The number of rotatable bonds is 3. The van der Waals surface area contributed by atoms with Gasteiger partial charge in [0.05, 0.1) is 0 Å². The minimum absolute atomic E-state index is 0.115. The Morgan fingerprint density at radius 2 is 1.83 bits per heavy atom. The molecule has 1 aliphatic rings. The number of hydrogen-bond acceptors (Lipinski definition) is 2. The second-order valence-electron chi connectivity index (χ2n) is 4.73. The van der Waals surface area contributed by atoms with Crippen molar-refractivity contribution in [3.05, 3.63) is 35.4 Å². The number of hydrogen-bond donors (Lipinski definition) is 1. The van der Waals surface area contributed by atoms with Crippen LogP contribution >= 0.6 is 0 Å². The van der Waals surface area contributed by atoms with Gasteiger partial charge < -0.3 is 0 Å². The zero-order chi connectivity index (χ0) is 12.8. The average molecular weight is 244 g/mol. The first kappa shape index (κ1) is 12.8. The molecule has 0 saturated heterocycles. The molecule has 0 aromatic heterocycles. The Bertz CT molecular complexity index is 426. The molecule has 1 N–H and O–H groups in total. The predicted molar refractivity (Wildman–Crippen MR) is 73.8 cm³/mol. The van der Waals surface area contributed by atoms with Crippen molar-refractivity contribution in [1.29, 1.82) is 0 Å². The Hall–Kier alpha value is -1.64. The zero-order valence-electron chi connectivity index (χ0n) is 10.9. The van der Waals surface area contributed by atoms with Gasteiger partial charge in [0.15, 0.2) is 0 Å². The van der Waals surface area contributed by atoms with Crippen molar-refractivity contribution in [2.24, 2.45) is 5.10 Å². The van der Waals surface area contributed by atoms with E-state index in [0.717, 1.165) is 25.0 Å². The van der Waals surface area contributed by atoms with Gasteiger partial charge >= 0.3 is 0 Å². The topological polar surface area (TPSA) is 41.5 Å². The largest absolute Gasteiger partial charge is 0.271 e. The van der Waals surface area contributed by atoms with Crippen LogP contribution < -0.4 is 5.43 Å². The second-order valence-corrected chi connectivity index (χ2v) is 4.73. The lowest BCUT2D eigenvalue weighted by Gasteiger charge is -2.12. The molecule has 2 rings (SSSR count). The van der Waals surface area contributed by atoms with Gasteiger partial charge in [0, 0.05) is 11.3 Å². The molecule has 18 heavy (non-hydrogen) atoms. The normalized spacial score (nSPS) is 15.3. The number of amides is 1. The lowest BCUT2D eigenvalue weighted by atomic mass is 9.99. The lowest BCUT2D eigenvalue weighted by Crippen LogP contribution is -2.20. The smallest absolute Gasteiger partial charge is 0.267 e. The molecule has 0 atom stereocenters. The first-order valence-corrected chi connectivity index (χ1v) is 6.74. The molecule has 0 heterocycles. The minimum atomic E-state index is -0.115. The summed E-state index contributed by atoms with van der Waals surface area (Å²) in [6.45, 7) is 2.10. The summed E-state index contributed by atoms with van der Waals surface area (Å²) in [6, 6.07) is 7.69. The third-order valence-corrected chi connectivity index (χ3v) is 3.37. The highest BCUT2D eigenvalue weighted by molar-refractivity contribution is 5.95. The first-order chi connectivity index (χ1) is 8.79. The van der Waals surface area contributed by atoms with Crippen molar-refractivity contribution in [2.45, 2.75) is 45.4 Å². The van der Waals surface area contributed by atoms with E-state index in [0.29, 0.717) is 5.56 Å². The summed E-state index contributed by atoms with van der Waals surface area (Å²) in [5, 5.41) is 4.22. The highest BCUT2D eigenvalue weighted by atomic mass is 16.2. The third-order valence-electron chi connectivity index (χ3n) is 3.37. The molecular weight excluding hydrogens is 224 g/mol. The van der Waals surface area contributed by atoms with Crippen LogP contribution in [0.3, 0.4) is 0 Å². The van der Waals surface area contributed by atoms with Gasteiger partial charge in [-0.15, -0.1) is 0 Å². The quantitative estimate of drug-likeness (QED) is 0.814. The van der Waals surface area contributed by atoms with Crippen LogP contribution in [0.5, 0.6) is 0 Å². The number of benzene rings is 1. The molecule has 1 amide bonds. The van der Waals surface area contributed by atoms with Crippen molar-refractivity contribution < 1.29 is 4.79 Å². The number of nitrogens with zero attached hydrogens (tertiary/aromatic N) is 1. The van der Waals surface area contributed by atoms with Crippen molar-refractivity contribution >= 4 is 11.6 Å². The monoisotopic (exact) mass is 244 g/mol. The van der Waals surface area contributed by atoms with Crippen LogP contribution in [0.1, 0.15) is 54.9 Å². The molecule has 0 spiro atoms. The predicted octanol–water partition coefficient (Wildman–Crippen LogP) is 3.30. The third kappa shape index (κ3) is 3.42. The highest BCUT2D eigenvalue weighted by Gasteiger charge is 2.08. The molecule has 1 aromatic carbocycles. The van der Waals surface area contributed by atoms with Crippen LogP contribution in [-0.2, 0) is 6.42 Å². The van der Waals surface area contributed by atoms with E-state index in [9.17, 15) is 4.79 Å². The van der Waals surface area contributed by atoms with E-state index in [1.807, 2.05) is 24.3 Å². The fourth-order valence-electron chi connectivity index (χ4n) is 2.16. The second kappa shape index (κ2) is 6.34. The molecule has 0 radical (unpaired) electrons. The SMILES string of the molecule is CCc1ccc(C(=O)NN=C2CCCCC2)cc1. The van der Waals surface area contributed by atoms with E-state index in [1.165, 1.54) is 24.8 Å². The molecule has 96 valence electrons. The molecule has 0 unspecified atom stereocenters. The van der Waals surface area contributed by atoms with Crippen molar-refractivity contribution in [2.75, 3.05) is 0 Å². The summed E-state index contributed by atoms with van der Waals surface area (Å²) in [5.74, 6) is -0.115. The van der Waals surface area contributed by atoms with Gasteiger partial charge in [-0.25, -0.2) is 5.43 Å². The van der Waals surface area contributed by atoms with E-state index in [2.05, 4.69) is 17.5 Å². The van der Waals surface area contributed by atoms with Crippen LogP contribution in [0.25, 0.3) is 0 Å². The minimum Gasteiger partial charge on any atom is -0.267 e. The van der Waals surface area contributed by atoms with E-state index in [4.69, 9.17) is 0 Å². The van der Waals surface area contributed by atoms with E-state index < -0.39 is 0 Å². The zero-order valence-corrected chi connectivity index (χ0v) is 10.9. The van der Waals surface area contributed by atoms with Crippen LogP contribution in [0, 0.1) is 0 Å². The van der Waals surface area contributed by atoms with Crippen molar-refractivity contribution in [3.63, 3.8) is 0 Å². The summed E-state index contributed by atoms with van der Waals surface area (Å²) in [6.07, 6.45) is 6.71. The van der Waals surface area contributed by atoms with Gasteiger partial charge in [-0.3, -0.25) is 4.79 Å². The molecule has 1 aliphatic carbocycles. The number of carbonyl (C=O) groups excluding carboxylic acids is 1. The molecule has 1 saturated carbocycles. The molecular formula is C15H20N2O. The Kier molecular flexibility index (Phi) is 4.51. The molecule has 0 aliphatic heterocycles. The van der Waals surface area contributed by atoms with Gasteiger partial charge in [-0.2, -0.15) is 5.10 Å². The summed E-state index contributed by atoms with van der Waals surface area (Å²) < 4.78 is 0. The molecule has 0 bridgehead atoms. The maximum atomic E-state index is 11.9. The van der Waals surface area contributed by atoms with Gasteiger partial charge in [0.25, 0.3) is 5.91 Å². The van der Waals surface area contributed by atoms with Crippen molar-refractivity contribution in [3.8, 4) is 0 Å². The van der Waals surface area contributed by atoms with E-state index >= 15 is 0 Å². The summed E-state index contributed by atoms with van der Waals surface area (Å²) in [5.41, 5.74) is 5.69. The van der Waals surface area contributed by atoms with Crippen LogP contribution in [0.4, 0.5) is 0 Å². The Morgan fingerprint density at radius 1 is 1.17 bits per heavy atom. The summed E-state index contributed by atoms with van der Waals surface area (Å²) in [4.78, 5) is 11.9. The first-order valence-electron chi connectivity index (χ1n) is 6.74. The summed E-state index contributed by atoms with van der Waals surface area (Å²) in [7, 11) is 0. The molecule has 1 fully saturated rings. The molecule has 3 heteroatoms. The standard InChI is InChI=1S/C15H20N2O/c1-2-12-8-10-13(11-9-12)15(18)17-16-14-6-4-3-5-7-14/h8-11H,2-7H2,1H3,(H,17,18). The fraction of sp³-hybridized carbons (Fsp3) is 0.467. The molecule has 3 nitrogen and oxygen atoms in total. The Labute approximate surface area is 108 Å². The van der Waals surface area contributed by atoms with Gasteiger partial charge in [-0.05, 0) is 49.8 Å². The number of carbonyl (C=O) groups is 1. The van der Waals surface area contributed by atoms with Gasteiger partial charge in [0.1, 0.15) is 0 Å². The maximum Gasteiger partial charge on any atom is 0.271 e. The van der Waals surface area contributed by atoms with Crippen molar-refractivity contribution in [1.82, 2.24) is 5.43 Å². The Balaban J connectivity index is 1.94. The van der Waals surface area contributed by atoms with Crippen LogP contribution in [0.15, 0.2) is 29.4 Å². The average Bonchev–Trinajstić information content (AvgIpc) is 2.46. The van der Waals surface area contributed by atoms with Gasteiger partial charge in [-0.1, -0.05) is 25.5 Å². The molecule has 1 aromatic rings. The number of nitrogens with one attached hydrogen (secondary N) is 1.